The molecule has 2 fully saturated rings. The van der Waals surface area contributed by atoms with Gasteiger partial charge in [0.25, 0.3) is 5.89 Å². The van der Waals surface area contributed by atoms with Crippen LogP contribution in [0.3, 0.4) is 0 Å². The van der Waals surface area contributed by atoms with Gasteiger partial charge in [0.2, 0.25) is 10.0 Å². The molecule has 26 heavy (non-hydrogen) atoms. The van der Waals surface area contributed by atoms with Gasteiger partial charge in [0, 0.05) is 13.1 Å². The molecule has 2 aliphatic rings. The first kappa shape index (κ1) is 19.8. The minimum atomic E-state index is -3.54. The number of nitrogens with two attached hydrogens (primary N) is 1. The molecule has 0 radical (unpaired) electrons. The molecular weight excluding hydrogens is 396 g/mol. The normalized spacial score (nSPS) is 20.8. The van der Waals surface area contributed by atoms with Gasteiger partial charge in [0.15, 0.2) is 5.82 Å². The number of piperidine rings is 1. The molecule has 1 aliphatic carbocycles. The maximum Gasteiger partial charge on any atom is 0.269 e. The number of aromatic nitrogens is 2. The van der Waals surface area contributed by atoms with Crippen LogP contribution < -0.4 is 5.73 Å². The Labute approximate surface area is 163 Å². The third kappa shape index (κ3) is 3.43. The Hall–Kier alpha value is -1.00. The third-order valence-corrected chi connectivity index (χ3v) is 8.10. The summed E-state index contributed by atoms with van der Waals surface area (Å²) in [6.07, 6.45) is 6.64. The van der Waals surface area contributed by atoms with Crippen LogP contribution in [0.1, 0.15) is 50.8 Å². The zero-order valence-corrected chi connectivity index (χ0v) is 16.8. The fourth-order valence-corrected chi connectivity index (χ4v) is 6.48. The standard InChI is InChI=1S/C16H22N4O3S2.ClH/c17-16(7-2-3-8-16)15-18-14(23-19-15)13-12(6-11-24-13)25(21,22)20-9-4-1-5-10-20;/h6,11H,1-5,7-10,17H2;1H. The topological polar surface area (TPSA) is 102 Å². The van der Waals surface area contributed by atoms with E-state index in [2.05, 4.69) is 10.1 Å². The summed E-state index contributed by atoms with van der Waals surface area (Å²) < 4.78 is 32.9. The number of thiophene rings is 1. The molecule has 2 N–H and O–H groups in total. The molecule has 0 unspecified atom stereocenters. The Balaban J connectivity index is 0.00000196. The number of hydrogen-bond donors (Lipinski definition) is 1. The van der Waals surface area contributed by atoms with E-state index in [4.69, 9.17) is 10.3 Å². The van der Waals surface area contributed by atoms with Crippen molar-refractivity contribution in [1.82, 2.24) is 14.4 Å². The number of hydrogen-bond acceptors (Lipinski definition) is 7. The lowest BCUT2D eigenvalue weighted by atomic mass is 9.99. The minimum absolute atomic E-state index is 0. The van der Waals surface area contributed by atoms with Crippen molar-refractivity contribution in [2.75, 3.05) is 13.1 Å². The average Bonchev–Trinajstić information content (AvgIpc) is 3.35. The Morgan fingerprint density at radius 2 is 1.85 bits per heavy atom. The summed E-state index contributed by atoms with van der Waals surface area (Å²) >= 11 is 1.31. The summed E-state index contributed by atoms with van der Waals surface area (Å²) in [6.45, 7) is 1.14. The molecular formula is C16H23ClN4O3S2. The van der Waals surface area contributed by atoms with E-state index in [-0.39, 0.29) is 23.2 Å². The van der Waals surface area contributed by atoms with Gasteiger partial charge < -0.3 is 10.3 Å². The van der Waals surface area contributed by atoms with Gasteiger partial charge in [-0.3, -0.25) is 0 Å². The lowest BCUT2D eigenvalue weighted by Gasteiger charge is -2.25. The van der Waals surface area contributed by atoms with Gasteiger partial charge in [-0.2, -0.15) is 9.29 Å². The van der Waals surface area contributed by atoms with E-state index in [1.54, 1.807) is 15.8 Å². The summed E-state index contributed by atoms with van der Waals surface area (Å²) in [6, 6.07) is 1.63. The van der Waals surface area contributed by atoms with Crippen LogP contribution in [0.15, 0.2) is 20.9 Å². The molecule has 0 amide bonds. The summed E-state index contributed by atoms with van der Waals surface area (Å²) in [7, 11) is -3.54. The largest absolute Gasteiger partial charge is 0.333 e. The molecule has 2 aromatic heterocycles. The molecule has 144 valence electrons. The lowest BCUT2D eigenvalue weighted by molar-refractivity contribution is 0.346. The van der Waals surface area contributed by atoms with Crippen LogP contribution in [0, 0.1) is 0 Å². The zero-order valence-electron chi connectivity index (χ0n) is 14.4. The predicted molar refractivity (Wildman–Crippen MR) is 102 cm³/mol. The van der Waals surface area contributed by atoms with Crippen molar-refractivity contribution < 1.29 is 12.9 Å². The molecule has 0 aromatic carbocycles. The van der Waals surface area contributed by atoms with Gasteiger partial charge in [-0.05, 0) is 37.1 Å². The molecule has 2 aromatic rings. The molecule has 1 saturated carbocycles. The van der Waals surface area contributed by atoms with E-state index < -0.39 is 15.6 Å². The highest BCUT2D eigenvalue weighted by molar-refractivity contribution is 7.89. The second-order valence-corrected chi connectivity index (χ2v) is 9.69. The molecule has 3 heterocycles. The highest BCUT2D eigenvalue weighted by Gasteiger charge is 2.37. The number of nitrogens with zero attached hydrogens (tertiary/aromatic N) is 3. The van der Waals surface area contributed by atoms with Crippen molar-refractivity contribution in [3.05, 3.63) is 17.3 Å². The van der Waals surface area contributed by atoms with Crippen LogP contribution in [-0.4, -0.2) is 36.0 Å². The monoisotopic (exact) mass is 418 g/mol. The first-order valence-electron chi connectivity index (χ1n) is 8.72. The molecule has 4 rings (SSSR count). The fraction of sp³-hybridized carbons (Fsp3) is 0.625. The molecule has 10 heteroatoms. The van der Waals surface area contributed by atoms with Gasteiger partial charge in [-0.15, -0.1) is 23.7 Å². The molecule has 1 aliphatic heterocycles. The average molecular weight is 419 g/mol. The van der Waals surface area contributed by atoms with Crippen LogP contribution in [-0.2, 0) is 15.6 Å². The smallest absolute Gasteiger partial charge is 0.269 e. The summed E-state index contributed by atoms with van der Waals surface area (Å²) in [4.78, 5) is 5.21. The van der Waals surface area contributed by atoms with Gasteiger partial charge in [0.05, 0.1) is 5.54 Å². The van der Waals surface area contributed by atoms with Crippen LogP contribution in [0.4, 0.5) is 0 Å². The van der Waals surface area contributed by atoms with Crippen LogP contribution in [0.25, 0.3) is 10.8 Å². The Kier molecular flexibility index (Phi) is 5.74. The quantitative estimate of drug-likeness (QED) is 0.818. The number of rotatable bonds is 4. The number of sulfonamides is 1. The second kappa shape index (κ2) is 7.55. The molecule has 0 spiro atoms. The predicted octanol–water partition coefficient (Wildman–Crippen LogP) is 3.12. The van der Waals surface area contributed by atoms with Crippen molar-refractivity contribution in [3.8, 4) is 10.8 Å². The summed E-state index contributed by atoms with van der Waals surface area (Å²) in [5, 5.41) is 5.80. The minimum Gasteiger partial charge on any atom is -0.333 e. The van der Waals surface area contributed by atoms with Crippen molar-refractivity contribution in [3.63, 3.8) is 0 Å². The molecule has 0 atom stereocenters. The third-order valence-electron chi connectivity index (χ3n) is 5.12. The van der Waals surface area contributed by atoms with E-state index in [0.29, 0.717) is 23.8 Å². The zero-order chi connectivity index (χ0) is 17.5. The van der Waals surface area contributed by atoms with Crippen LogP contribution in [0.5, 0.6) is 0 Å². The van der Waals surface area contributed by atoms with Gasteiger partial charge in [-0.25, -0.2) is 8.42 Å². The summed E-state index contributed by atoms with van der Waals surface area (Å²) in [5.74, 6) is 0.729. The van der Waals surface area contributed by atoms with Crippen molar-refractivity contribution in [2.24, 2.45) is 5.73 Å². The van der Waals surface area contributed by atoms with Gasteiger partial charge in [0.1, 0.15) is 9.77 Å². The van der Waals surface area contributed by atoms with Crippen molar-refractivity contribution >= 4 is 33.8 Å². The fourth-order valence-electron chi connectivity index (χ4n) is 3.65. The molecule has 0 bridgehead atoms. The highest BCUT2D eigenvalue weighted by atomic mass is 35.5. The first-order chi connectivity index (χ1) is 12.0. The Morgan fingerprint density at radius 1 is 1.15 bits per heavy atom. The highest BCUT2D eigenvalue weighted by Crippen LogP contribution is 2.38. The SMILES string of the molecule is Cl.NC1(c2noc(-c3sccc3S(=O)(=O)N3CCCCC3)n2)CCCC1. The number of halogens is 1. The van der Waals surface area contributed by atoms with E-state index in [1.165, 1.54) is 11.3 Å². The first-order valence-corrected chi connectivity index (χ1v) is 11.0. The maximum absolute atomic E-state index is 13.0. The Morgan fingerprint density at radius 3 is 2.54 bits per heavy atom. The van der Waals surface area contributed by atoms with Gasteiger partial charge in [-0.1, -0.05) is 24.4 Å². The second-order valence-electron chi connectivity index (χ2n) is 6.87. The Bertz CT molecular complexity index is 852. The molecule has 7 nitrogen and oxygen atoms in total. The van der Waals surface area contributed by atoms with Crippen molar-refractivity contribution in [1.29, 1.82) is 0 Å². The lowest BCUT2D eigenvalue weighted by Crippen LogP contribution is -2.35. The van der Waals surface area contributed by atoms with Crippen molar-refractivity contribution in [2.45, 2.75) is 55.4 Å². The molecule has 1 saturated heterocycles. The van der Waals surface area contributed by atoms with E-state index in [1.807, 2.05) is 0 Å². The van der Waals surface area contributed by atoms with Gasteiger partial charge >= 0.3 is 0 Å². The van der Waals surface area contributed by atoms with Crippen LogP contribution >= 0.6 is 23.7 Å². The maximum atomic E-state index is 13.0. The van der Waals surface area contributed by atoms with E-state index >= 15 is 0 Å². The van der Waals surface area contributed by atoms with E-state index in [9.17, 15) is 8.42 Å². The summed E-state index contributed by atoms with van der Waals surface area (Å²) in [5.41, 5.74) is 5.83. The van der Waals surface area contributed by atoms with E-state index in [0.717, 1.165) is 44.9 Å². The van der Waals surface area contributed by atoms with Crippen LogP contribution in [0.2, 0.25) is 0 Å².